The number of benzene rings is 2. The second-order valence-electron chi connectivity index (χ2n) is 4.54. The van der Waals surface area contributed by atoms with Gasteiger partial charge in [-0.15, -0.1) is 0 Å². The van der Waals surface area contributed by atoms with Gasteiger partial charge >= 0.3 is 0 Å². The first-order chi connectivity index (χ1) is 10.1. The summed E-state index contributed by atoms with van der Waals surface area (Å²) in [6, 6.07) is 11.5. The Balaban J connectivity index is 2.07. The molecule has 0 heterocycles. The van der Waals surface area contributed by atoms with Gasteiger partial charge in [-0.25, -0.2) is 0 Å². The maximum Gasteiger partial charge on any atom is 0.120 e. The second-order valence-corrected chi connectivity index (χ2v) is 6.17. The molecule has 1 N–H and O–H groups in total. The van der Waals surface area contributed by atoms with Gasteiger partial charge in [0.05, 0.1) is 10.0 Å². The van der Waals surface area contributed by atoms with Crippen molar-refractivity contribution in [1.29, 1.82) is 0 Å². The van der Waals surface area contributed by atoms with Crippen LogP contribution in [-0.2, 0) is 13.2 Å². The number of nitrogens with one attached hydrogen (secondary N) is 1. The molecular weight excluding hydrogens is 373 g/mol. The lowest BCUT2D eigenvalue weighted by Gasteiger charge is -2.11. The minimum Gasteiger partial charge on any atom is -0.489 e. The number of ether oxygens (including phenoxy) is 1. The lowest BCUT2D eigenvalue weighted by atomic mass is 10.2. The van der Waals surface area contributed by atoms with Gasteiger partial charge in [-0.05, 0) is 36.4 Å². The fraction of sp³-hybridized carbons (Fsp3) is 0.250. The molecule has 0 saturated carbocycles. The third-order valence-electron chi connectivity index (χ3n) is 3.01. The van der Waals surface area contributed by atoms with Crippen LogP contribution in [0.5, 0.6) is 5.75 Å². The van der Waals surface area contributed by atoms with E-state index in [1.54, 1.807) is 6.07 Å². The van der Waals surface area contributed by atoms with E-state index in [0.717, 1.165) is 34.4 Å². The van der Waals surface area contributed by atoms with E-state index in [2.05, 4.69) is 28.2 Å². The van der Waals surface area contributed by atoms with Crippen molar-refractivity contribution in [3.8, 4) is 5.75 Å². The normalized spacial score (nSPS) is 10.7. The van der Waals surface area contributed by atoms with Crippen LogP contribution in [0, 0.1) is 0 Å². The molecule has 0 bridgehead atoms. The maximum absolute atomic E-state index is 6.16. The van der Waals surface area contributed by atoms with E-state index >= 15 is 0 Å². The SMILES string of the molecule is CCNCc1cc(OCc2cccc(Cl)c2Cl)ccc1Br. The first-order valence-corrected chi connectivity index (χ1v) is 8.21. The van der Waals surface area contributed by atoms with E-state index in [1.807, 2.05) is 30.3 Å². The lowest BCUT2D eigenvalue weighted by molar-refractivity contribution is 0.306. The molecule has 0 saturated heterocycles. The van der Waals surface area contributed by atoms with Crippen molar-refractivity contribution in [3.05, 3.63) is 62.0 Å². The van der Waals surface area contributed by atoms with Gasteiger partial charge in [-0.2, -0.15) is 0 Å². The second kappa shape index (κ2) is 8.04. The maximum atomic E-state index is 6.16. The Hall–Kier alpha value is -0.740. The molecule has 2 rings (SSSR count). The summed E-state index contributed by atoms with van der Waals surface area (Å²) in [7, 11) is 0. The molecule has 0 aliphatic carbocycles. The molecule has 0 spiro atoms. The average molecular weight is 389 g/mol. The van der Waals surface area contributed by atoms with E-state index in [0.29, 0.717) is 16.7 Å². The predicted molar refractivity (Wildman–Crippen MR) is 92.3 cm³/mol. The van der Waals surface area contributed by atoms with E-state index < -0.39 is 0 Å². The zero-order valence-corrected chi connectivity index (χ0v) is 14.7. The highest BCUT2D eigenvalue weighted by molar-refractivity contribution is 9.10. The summed E-state index contributed by atoms with van der Waals surface area (Å²) in [6.45, 7) is 4.19. The fourth-order valence-electron chi connectivity index (χ4n) is 1.86. The van der Waals surface area contributed by atoms with Crippen molar-refractivity contribution >= 4 is 39.1 Å². The van der Waals surface area contributed by atoms with E-state index in [9.17, 15) is 0 Å². The standard InChI is InChI=1S/C16H16BrCl2NO/c1-2-20-9-12-8-13(6-7-14(12)17)21-10-11-4-3-5-15(18)16(11)19/h3-8,20H,2,9-10H2,1H3. The third-order valence-corrected chi connectivity index (χ3v) is 4.64. The smallest absolute Gasteiger partial charge is 0.120 e. The average Bonchev–Trinajstić information content (AvgIpc) is 2.49. The van der Waals surface area contributed by atoms with Crippen molar-refractivity contribution < 1.29 is 4.74 Å². The number of hydrogen-bond acceptors (Lipinski definition) is 2. The molecule has 0 fully saturated rings. The number of hydrogen-bond donors (Lipinski definition) is 1. The van der Waals surface area contributed by atoms with Gasteiger partial charge in [0.1, 0.15) is 12.4 Å². The topological polar surface area (TPSA) is 21.3 Å². The molecule has 0 unspecified atom stereocenters. The minimum atomic E-state index is 0.391. The Morgan fingerprint density at radius 1 is 1.14 bits per heavy atom. The molecule has 0 amide bonds. The Bertz CT molecular complexity index is 619. The Morgan fingerprint density at radius 3 is 2.71 bits per heavy atom. The number of rotatable bonds is 6. The monoisotopic (exact) mass is 387 g/mol. The molecule has 0 aliphatic rings. The zero-order valence-electron chi connectivity index (χ0n) is 11.6. The molecule has 0 aliphatic heterocycles. The highest BCUT2D eigenvalue weighted by Gasteiger charge is 2.06. The fourth-order valence-corrected chi connectivity index (χ4v) is 2.62. The van der Waals surface area contributed by atoms with Crippen molar-refractivity contribution in [2.24, 2.45) is 0 Å². The summed E-state index contributed by atoms with van der Waals surface area (Å²) >= 11 is 15.7. The molecule has 0 atom stereocenters. The Morgan fingerprint density at radius 2 is 1.95 bits per heavy atom. The molecule has 2 aromatic rings. The summed E-state index contributed by atoms with van der Waals surface area (Å²) < 4.78 is 6.88. The van der Waals surface area contributed by atoms with E-state index in [1.165, 1.54) is 0 Å². The Labute approximate surface area is 143 Å². The lowest BCUT2D eigenvalue weighted by Crippen LogP contribution is -2.12. The Kier molecular flexibility index (Phi) is 6.37. The summed E-state index contributed by atoms with van der Waals surface area (Å²) in [6.07, 6.45) is 0. The van der Waals surface area contributed by atoms with Gasteiger partial charge in [-0.1, -0.05) is 58.2 Å². The summed E-state index contributed by atoms with van der Waals surface area (Å²) in [5, 5.41) is 4.39. The van der Waals surface area contributed by atoms with Crippen LogP contribution in [0.3, 0.4) is 0 Å². The van der Waals surface area contributed by atoms with Gasteiger partial charge in [0, 0.05) is 16.6 Å². The van der Waals surface area contributed by atoms with Crippen LogP contribution in [0.4, 0.5) is 0 Å². The van der Waals surface area contributed by atoms with Crippen LogP contribution >= 0.6 is 39.1 Å². The predicted octanol–water partition coefficient (Wildman–Crippen LogP) is 5.44. The molecule has 112 valence electrons. The van der Waals surface area contributed by atoms with Gasteiger partial charge in [-0.3, -0.25) is 0 Å². The van der Waals surface area contributed by atoms with Crippen molar-refractivity contribution in [2.75, 3.05) is 6.54 Å². The van der Waals surface area contributed by atoms with Gasteiger partial charge in [0.15, 0.2) is 0 Å². The number of halogens is 3. The highest BCUT2D eigenvalue weighted by Crippen LogP contribution is 2.28. The van der Waals surface area contributed by atoms with Crippen LogP contribution in [0.1, 0.15) is 18.1 Å². The largest absolute Gasteiger partial charge is 0.489 e. The van der Waals surface area contributed by atoms with Crippen molar-refractivity contribution in [3.63, 3.8) is 0 Å². The molecule has 0 radical (unpaired) electrons. The molecular formula is C16H16BrCl2NO. The van der Waals surface area contributed by atoms with E-state index in [-0.39, 0.29) is 0 Å². The third kappa shape index (κ3) is 4.62. The van der Waals surface area contributed by atoms with E-state index in [4.69, 9.17) is 27.9 Å². The first kappa shape index (κ1) is 16.6. The summed E-state index contributed by atoms with van der Waals surface area (Å²) in [5.41, 5.74) is 2.03. The van der Waals surface area contributed by atoms with Crippen LogP contribution in [-0.4, -0.2) is 6.54 Å². The van der Waals surface area contributed by atoms with Crippen LogP contribution in [0.25, 0.3) is 0 Å². The van der Waals surface area contributed by atoms with Gasteiger partial charge in [0.25, 0.3) is 0 Å². The summed E-state index contributed by atoms with van der Waals surface area (Å²) in [5.74, 6) is 0.808. The molecule has 0 aromatic heterocycles. The molecule has 5 heteroatoms. The van der Waals surface area contributed by atoms with Crippen LogP contribution < -0.4 is 10.1 Å². The van der Waals surface area contributed by atoms with Gasteiger partial charge in [0.2, 0.25) is 0 Å². The zero-order chi connectivity index (χ0) is 15.2. The summed E-state index contributed by atoms with van der Waals surface area (Å²) in [4.78, 5) is 0. The highest BCUT2D eigenvalue weighted by atomic mass is 79.9. The van der Waals surface area contributed by atoms with Crippen LogP contribution in [0.15, 0.2) is 40.9 Å². The minimum absolute atomic E-state index is 0.391. The molecule has 2 nitrogen and oxygen atoms in total. The van der Waals surface area contributed by atoms with Crippen LogP contribution in [0.2, 0.25) is 10.0 Å². The van der Waals surface area contributed by atoms with Crippen molar-refractivity contribution in [1.82, 2.24) is 5.32 Å². The molecule has 21 heavy (non-hydrogen) atoms. The quantitative estimate of drug-likeness (QED) is 0.710. The van der Waals surface area contributed by atoms with Gasteiger partial charge < -0.3 is 10.1 Å². The first-order valence-electron chi connectivity index (χ1n) is 6.66. The molecule has 2 aromatic carbocycles. The van der Waals surface area contributed by atoms with Crippen molar-refractivity contribution in [2.45, 2.75) is 20.1 Å².